The highest BCUT2D eigenvalue weighted by atomic mass is 35.5. The van der Waals surface area contributed by atoms with Crippen molar-refractivity contribution in [3.63, 3.8) is 0 Å². The molecule has 0 fully saturated rings. The Balaban J connectivity index is 0.00000220. The molecule has 0 aliphatic heterocycles. The fourth-order valence-corrected chi connectivity index (χ4v) is 2.29. The predicted octanol–water partition coefficient (Wildman–Crippen LogP) is 4.45. The Morgan fingerprint density at radius 1 is 1.05 bits per heavy atom. The summed E-state index contributed by atoms with van der Waals surface area (Å²) in [4.78, 5) is 0. The number of halogens is 5. The second-order valence-corrected chi connectivity index (χ2v) is 4.85. The molecule has 2 N–H and O–H groups in total. The van der Waals surface area contributed by atoms with Gasteiger partial charge in [-0.3, -0.25) is 0 Å². The van der Waals surface area contributed by atoms with Crippen LogP contribution in [0.3, 0.4) is 0 Å². The third kappa shape index (κ3) is 4.33. The zero-order chi connectivity index (χ0) is 14.8. The van der Waals surface area contributed by atoms with Gasteiger partial charge in [0, 0.05) is 0 Å². The zero-order valence-electron chi connectivity index (χ0n) is 10.5. The molecule has 0 aliphatic carbocycles. The molecule has 116 valence electrons. The summed E-state index contributed by atoms with van der Waals surface area (Å²) in [5, 5.41) is 3.75. The first-order valence-electron chi connectivity index (χ1n) is 5.63. The van der Waals surface area contributed by atoms with Crippen LogP contribution in [0, 0.1) is 0 Å². The number of ether oxygens (including phenoxy) is 1. The first kappa shape index (κ1) is 17.7. The van der Waals surface area contributed by atoms with E-state index >= 15 is 0 Å². The minimum atomic E-state index is -4.50. The molecule has 0 unspecified atom stereocenters. The molecule has 0 radical (unpaired) electrons. The maximum atomic E-state index is 12.7. The van der Waals surface area contributed by atoms with E-state index in [1.807, 2.05) is 16.8 Å². The predicted molar refractivity (Wildman–Crippen MR) is 75.6 cm³/mol. The van der Waals surface area contributed by atoms with Crippen LogP contribution in [0.5, 0.6) is 5.75 Å². The Labute approximate surface area is 128 Å². The molecule has 0 amide bonds. The van der Waals surface area contributed by atoms with E-state index in [4.69, 9.17) is 5.73 Å². The molecule has 2 rings (SSSR count). The fourth-order valence-electron chi connectivity index (χ4n) is 1.59. The van der Waals surface area contributed by atoms with E-state index in [0.717, 1.165) is 5.56 Å². The van der Waals surface area contributed by atoms with Gasteiger partial charge in [-0.05, 0) is 40.1 Å². The molecule has 8 heteroatoms. The lowest BCUT2D eigenvalue weighted by Crippen LogP contribution is -2.33. The third-order valence-electron chi connectivity index (χ3n) is 2.65. The van der Waals surface area contributed by atoms with Gasteiger partial charge in [-0.25, -0.2) is 0 Å². The molecule has 0 saturated heterocycles. The quantitative estimate of drug-likeness (QED) is 0.815. The molecule has 0 saturated carbocycles. The van der Waals surface area contributed by atoms with Crippen LogP contribution in [0.4, 0.5) is 17.6 Å². The van der Waals surface area contributed by atoms with E-state index in [-0.39, 0.29) is 18.2 Å². The van der Waals surface area contributed by atoms with Gasteiger partial charge in [-0.1, -0.05) is 12.1 Å². The van der Waals surface area contributed by atoms with Gasteiger partial charge in [0.1, 0.15) is 5.75 Å². The molecule has 1 heterocycles. The maximum absolute atomic E-state index is 12.7. The van der Waals surface area contributed by atoms with Crippen molar-refractivity contribution < 1.29 is 22.3 Å². The molecule has 0 spiro atoms. The molecule has 2 aromatic rings. The van der Waals surface area contributed by atoms with Crippen molar-refractivity contribution in [2.75, 3.05) is 0 Å². The van der Waals surface area contributed by atoms with Crippen LogP contribution in [0.1, 0.15) is 17.2 Å². The van der Waals surface area contributed by atoms with Crippen molar-refractivity contribution in [3.05, 3.63) is 52.2 Å². The van der Waals surface area contributed by atoms with E-state index in [0.29, 0.717) is 5.56 Å². The van der Waals surface area contributed by atoms with Crippen LogP contribution in [0.2, 0.25) is 0 Å². The van der Waals surface area contributed by atoms with Gasteiger partial charge in [0.2, 0.25) is 0 Å². The SMILES string of the molecule is Cl.N[C@@H](c1ccc(OC(F)(F)C(F)F)cc1)c1ccsc1. The average Bonchev–Trinajstić information content (AvgIpc) is 2.92. The van der Waals surface area contributed by atoms with Gasteiger partial charge in [0.25, 0.3) is 0 Å². The number of nitrogens with two attached hydrogens (primary N) is 1. The second-order valence-electron chi connectivity index (χ2n) is 4.07. The van der Waals surface area contributed by atoms with Crippen LogP contribution >= 0.6 is 23.7 Å². The topological polar surface area (TPSA) is 35.2 Å². The summed E-state index contributed by atoms with van der Waals surface area (Å²) < 4.78 is 53.4. The minimum absolute atomic E-state index is 0. The summed E-state index contributed by atoms with van der Waals surface area (Å²) in [6.07, 6.45) is -8.38. The normalized spacial score (nSPS) is 12.9. The number of hydrogen-bond donors (Lipinski definition) is 1. The minimum Gasteiger partial charge on any atom is -0.428 e. The Bertz CT molecular complexity index is 548. The van der Waals surface area contributed by atoms with Crippen LogP contribution in [-0.4, -0.2) is 12.5 Å². The molecule has 1 aromatic heterocycles. The first-order valence-corrected chi connectivity index (χ1v) is 6.57. The summed E-state index contributed by atoms with van der Waals surface area (Å²) >= 11 is 1.49. The van der Waals surface area contributed by atoms with Crippen molar-refractivity contribution in [2.45, 2.75) is 18.6 Å². The largest absolute Gasteiger partial charge is 0.461 e. The van der Waals surface area contributed by atoms with Crippen LogP contribution in [-0.2, 0) is 0 Å². The van der Waals surface area contributed by atoms with Crippen LogP contribution in [0.25, 0.3) is 0 Å². The number of benzene rings is 1. The molecule has 21 heavy (non-hydrogen) atoms. The maximum Gasteiger partial charge on any atom is 0.461 e. The Hall–Kier alpha value is -1.31. The molecule has 0 aliphatic rings. The highest BCUT2D eigenvalue weighted by molar-refractivity contribution is 7.08. The van der Waals surface area contributed by atoms with Gasteiger partial charge in [0.05, 0.1) is 6.04 Å². The lowest BCUT2D eigenvalue weighted by molar-refractivity contribution is -0.253. The molecule has 1 aromatic carbocycles. The van der Waals surface area contributed by atoms with Crippen molar-refractivity contribution in [2.24, 2.45) is 5.73 Å². The van der Waals surface area contributed by atoms with E-state index in [2.05, 4.69) is 4.74 Å². The average molecular weight is 342 g/mol. The first-order chi connectivity index (χ1) is 9.40. The Kier molecular flexibility index (Phi) is 6.00. The molecular weight excluding hydrogens is 330 g/mol. The monoisotopic (exact) mass is 341 g/mol. The number of alkyl halides is 4. The van der Waals surface area contributed by atoms with Crippen LogP contribution < -0.4 is 10.5 Å². The molecular formula is C13H12ClF4NOS. The smallest absolute Gasteiger partial charge is 0.428 e. The van der Waals surface area contributed by atoms with Crippen molar-refractivity contribution in [1.82, 2.24) is 0 Å². The lowest BCUT2D eigenvalue weighted by Gasteiger charge is -2.17. The summed E-state index contributed by atoms with van der Waals surface area (Å²) in [6.45, 7) is 0. The fraction of sp³-hybridized carbons (Fsp3) is 0.231. The van der Waals surface area contributed by atoms with Gasteiger partial charge < -0.3 is 10.5 Å². The highest BCUT2D eigenvalue weighted by Gasteiger charge is 2.43. The Morgan fingerprint density at radius 2 is 1.67 bits per heavy atom. The van der Waals surface area contributed by atoms with Gasteiger partial charge >= 0.3 is 12.5 Å². The summed E-state index contributed by atoms with van der Waals surface area (Å²) in [6, 6.07) is 6.78. The van der Waals surface area contributed by atoms with Gasteiger partial charge in [-0.15, -0.1) is 12.4 Å². The van der Waals surface area contributed by atoms with Crippen molar-refractivity contribution in [1.29, 1.82) is 0 Å². The van der Waals surface area contributed by atoms with E-state index < -0.39 is 18.6 Å². The summed E-state index contributed by atoms with van der Waals surface area (Å²) in [5.74, 6) is -0.337. The molecule has 1 atom stereocenters. The second kappa shape index (κ2) is 7.11. The van der Waals surface area contributed by atoms with Crippen molar-refractivity contribution >= 4 is 23.7 Å². The standard InChI is InChI=1S/C13H11F4NOS.ClH/c14-12(15)13(16,17)19-10-3-1-8(2-4-10)11(18)9-5-6-20-7-9;/h1-7,11-12H,18H2;1H/t11-;/m0./s1. The molecule has 2 nitrogen and oxygen atoms in total. The summed E-state index contributed by atoms with van der Waals surface area (Å²) in [5.41, 5.74) is 7.55. The Morgan fingerprint density at radius 3 is 2.14 bits per heavy atom. The highest BCUT2D eigenvalue weighted by Crippen LogP contribution is 2.29. The molecule has 0 bridgehead atoms. The van der Waals surface area contributed by atoms with Gasteiger partial charge in [-0.2, -0.15) is 28.9 Å². The van der Waals surface area contributed by atoms with Crippen molar-refractivity contribution in [3.8, 4) is 5.75 Å². The third-order valence-corrected chi connectivity index (χ3v) is 3.35. The van der Waals surface area contributed by atoms with Gasteiger partial charge in [0.15, 0.2) is 0 Å². The summed E-state index contributed by atoms with van der Waals surface area (Å²) in [7, 11) is 0. The van der Waals surface area contributed by atoms with E-state index in [1.54, 1.807) is 0 Å². The number of rotatable bonds is 5. The van der Waals surface area contributed by atoms with Crippen LogP contribution in [0.15, 0.2) is 41.1 Å². The lowest BCUT2D eigenvalue weighted by atomic mass is 10.0. The number of thiophene rings is 1. The van der Waals surface area contributed by atoms with E-state index in [1.165, 1.54) is 35.6 Å². The zero-order valence-corrected chi connectivity index (χ0v) is 12.1. The van der Waals surface area contributed by atoms with E-state index in [9.17, 15) is 17.6 Å². The number of hydrogen-bond acceptors (Lipinski definition) is 3.